The Morgan fingerprint density at radius 2 is 2.11 bits per heavy atom. The van der Waals surface area contributed by atoms with Crippen molar-refractivity contribution < 1.29 is 9.53 Å². The molecule has 0 aliphatic carbocycles. The zero-order chi connectivity index (χ0) is 13.7. The number of nitrogens with zero attached hydrogens (tertiary/aromatic N) is 1. The molecule has 1 fully saturated rings. The van der Waals surface area contributed by atoms with Gasteiger partial charge in [-0.25, -0.2) is 0 Å². The molecule has 0 spiro atoms. The molecule has 0 aromatic heterocycles. The van der Waals surface area contributed by atoms with Gasteiger partial charge in [-0.05, 0) is 11.6 Å². The third-order valence-corrected chi connectivity index (χ3v) is 3.64. The van der Waals surface area contributed by atoms with Crippen LogP contribution in [0.1, 0.15) is 18.5 Å². The van der Waals surface area contributed by atoms with Crippen LogP contribution in [0.2, 0.25) is 5.02 Å². The number of carbonyl (C=O) groups is 1. The average Bonchev–Trinajstić information content (AvgIpc) is 2.42. The van der Waals surface area contributed by atoms with E-state index in [-0.39, 0.29) is 11.9 Å². The number of ether oxygens (including phenoxy) is 1. The Morgan fingerprint density at radius 1 is 1.42 bits per heavy atom. The van der Waals surface area contributed by atoms with E-state index in [4.69, 9.17) is 16.3 Å². The van der Waals surface area contributed by atoms with Crippen LogP contribution in [0.3, 0.4) is 0 Å². The first-order valence-corrected chi connectivity index (χ1v) is 6.87. The average molecular weight is 283 g/mol. The van der Waals surface area contributed by atoms with Gasteiger partial charge in [-0.15, -0.1) is 0 Å². The Hall–Kier alpha value is -1.10. The zero-order valence-electron chi connectivity index (χ0n) is 11.1. The van der Waals surface area contributed by atoms with Gasteiger partial charge in [0.15, 0.2) is 0 Å². The highest BCUT2D eigenvalue weighted by Crippen LogP contribution is 2.27. The second kappa shape index (κ2) is 6.89. The quantitative estimate of drug-likeness (QED) is 0.916. The number of hydrogen-bond acceptors (Lipinski definition) is 3. The lowest BCUT2D eigenvalue weighted by atomic mass is 10.0. The largest absolute Gasteiger partial charge is 0.379 e. The predicted molar refractivity (Wildman–Crippen MR) is 75.3 cm³/mol. The third-order valence-electron chi connectivity index (χ3n) is 3.30. The summed E-state index contributed by atoms with van der Waals surface area (Å²) in [5.74, 6) is -0.0229. The smallest absolute Gasteiger partial charge is 0.216 e. The van der Waals surface area contributed by atoms with Gasteiger partial charge in [-0.2, -0.15) is 0 Å². The van der Waals surface area contributed by atoms with E-state index in [0.29, 0.717) is 6.54 Å². The summed E-state index contributed by atoms with van der Waals surface area (Å²) >= 11 is 6.28. The molecule has 1 saturated heterocycles. The summed E-state index contributed by atoms with van der Waals surface area (Å²) < 4.78 is 5.38. The van der Waals surface area contributed by atoms with E-state index in [1.807, 2.05) is 24.3 Å². The number of hydrogen-bond donors (Lipinski definition) is 1. The SMILES string of the molecule is CC(=O)NCC(c1ccccc1Cl)N1CCOCC1. The second-order valence-corrected chi connectivity index (χ2v) is 5.03. The molecule has 1 N–H and O–H groups in total. The van der Waals surface area contributed by atoms with Crippen molar-refractivity contribution in [3.8, 4) is 0 Å². The Balaban J connectivity index is 2.17. The first kappa shape index (κ1) is 14.3. The highest BCUT2D eigenvalue weighted by Gasteiger charge is 2.24. The number of amides is 1. The van der Waals surface area contributed by atoms with Crippen molar-refractivity contribution in [1.29, 1.82) is 0 Å². The summed E-state index contributed by atoms with van der Waals surface area (Å²) in [6, 6.07) is 7.90. The first-order valence-electron chi connectivity index (χ1n) is 6.49. The molecule has 1 aromatic carbocycles. The van der Waals surface area contributed by atoms with Crippen molar-refractivity contribution in [2.75, 3.05) is 32.8 Å². The highest BCUT2D eigenvalue weighted by molar-refractivity contribution is 6.31. The Labute approximate surface area is 118 Å². The van der Waals surface area contributed by atoms with Gasteiger partial charge in [0, 0.05) is 31.6 Å². The van der Waals surface area contributed by atoms with Crippen molar-refractivity contribution in [3.63, 3.8) is 0 Å². The number of morpholine rings is 1. The lowest BCUT2D eigenvalue weighted by Crippen LogP contribution is -2.43. The lowest BCUT2D eigenvalue weighted by Gasteiger charge is -2.35. The van der Waals surface area contributed by atoms with Crippen molar-refractivity contribution in [2.45, 2.75) is 13.0 Å². The van der Waals surface area contributed by atoms with Crippen LogP contribution in [0, 0.1) is 0 Å². The molecule has 104 valence electrons. The molecule has 1 amide bonds. The lowest BCUT2D eigenvalue weighted by molar-refractivity contribution is -0.119. The highest BCUT2D eigenvalue weighted by atomic mass is 35.5. The van der Waals surface area contributed by atoms with Gasteiger partial charge in [-0.1, -0.05) is 29.8 Å². The molecule has 1 atom stereocenters. The standard InChI is InChI=1S/C14H19ClN2O2/c1-11(18)16-10-14(17-6-8-19-9-7-17)12-4-2-3-5-13(12)15/h2-5,14H,6-10H2,1H3,(H,16,18). The maximum Gasteiger partial charge on any atom is 0.216 e. The molecule has 19 heavy (non-hydrogen) atoms. The number of nitrogens with one attached hydrogen (secondary N) is 1. The van der Waals surface area contributed by atoms with Crippen LogP contribution in [0.4, 0.5) is 0 Å². The Kier molecular flexibility index (Phi) is 5.19. The fourth-order valence-electron chi connectivity index (χ4n) is 2.31. The molecule has 5 heteroatoms. The Morgan fingerprint density at radius 3 is 2.74 bits per heavy atom. The number of rotatable bonds is 4. The molecule has 2 rings (SSSR count). The monoisotopic (exact) mass is 282 g/mol. The molecule has 1 heterocycles. The molecule has 1 aromatic rings. The van der Waals surface area contributed by atoms with Gasteiger partial charge in [0.05, 0.1) is 19.3 Å². The number of halogens is 1. The third kappa shape index (κ3) is 3.93. The van der Waals surface area contributed by atoms with Crippen molar-refractivity contribution in [2.24, 2.45) is 0 Å². The van der Waals surface area contributed by atoms with Crippen molar-refractivity contribution in [1.82, 2.24) is 10.2 Å². The van der Waals surface area contributed by atoms with Crippen LogP contribution < -0.4 is 5.32 Å². The maximum atomic E-state index is 11.2. The van der Waals surface area contributed by atoms with Gasteiger partial charge in [0.2, 0.25) is 5.91 Å². The van der Waals surface area contributed by atoms with Gasteiger partial charge in [-0.3, -0.25) is 9.69 Å². The van der Waals surface area contributed by atoms with Gasteiger partial charge in [0.1, 0.15) is 0 Å². The summed E-state index contributed by atoms with van der Waals surface area (Å²) in [7, 11) is 0. The van der Waals surface area contributed by atoms with E-state index in [9.17, 15) is 4.79 Å². The van der Waals surface area contributed by atoms with E-state index in [1.165, 1.54) is 6.92 Å². The molecule has 0 radical (unpaired) electrons. The molecule has 1 unspecified atom stereocenters. The van der Waals surface area contributed by atoms with E-state index in [0.717, 1.165) is 36.9 Å². The van der Waals surface area contributed by atoms with Gasteiger partial charge >= 0.3 is 0 Å². The van der Waals surface area contributed by atoms with Crippen LogP contribution in [-0.4, -0.2) is 43.7 Å². The molecule has 0 saturated carbocycles. The van der Waals surface area contributed by atoms with Crippen LogP contribution >= 0.6 is 11.6 Å². The fraction of sp³-hybridized carbons (Fsp3) is 0.500. The summed E-state index contributed by atoms with van der Waals surface area (Å²) in [6.07, 6.45) is 0. The maximum absolute atomic E-state index is 11.2. The minimum absolute atomic E-state index is 0.0229. The van der Waals surface area contributed by atoms with E-state index >= 15 is 0 Å². The molecule has 1 aliphatic heterocycles. The number of benzene rings is 1. The van der Waals surface area contributed by atoms with E-state index in [2.05, 4.69) is 10.2 Å². The molecule has 4 nitrogen and oxygen atoms in total. The van der Waals surface area contributed by atoms with Crippen LogP contribution in [0.5, 0.6) is 0 Å². The van der Waals surface area contributed by atoms with Crippen molar-refractivity contribution in [3.05, 3.63) is 34.9 Å². The zero-order valence-corrected chi connectivity index (χ0v) is 11.8. The van der Waals surface area contributed by atoms with Crippen LogP contribution in [-0.2, 0) is 9.53 Å². The summed E-state index contributed by atoms with van der Waals surface area (Å²) in [5, 5.41) is 3.63. The van der Waals surface area contributed by atoms with Gasteiger partial charge in [0.25, 0.3) is 0 Å². The molecule has 0 bridgehead atoms. The summed E-state index contributed by atoms with van der Waals surface area (Å²) in [6.45, 7) is 5.26. The van der Waals surface area contributed by atoms with Crippen molar-refractivity contribution >= 4 is 17.5 Å². The van der Waals surface area contributed by atoms with E-state index < -0.39 is 0 Å². The molecule has 1 aliphatic rings. The van der Waals surface area contributed by atoms with Crippen LogP contribution in [0.25, 0.3) is 0 Å². The van der Waals surface area contributed by atoms with E-state index in [1.54, 1.807) is 0 Å². The molecular formula is C14H19ClN2O2. The topological polar surface area (TPSA) is 41.6 Å². The fourth-order valence-corrected chi connectivity index (χ4v) is 2.57. The molecular weight excluding hydrogens is 264 g/mol. The summed E-state index contributed by atoms with van der Waals surface area (Å²) in [4.78, 5) is 13.5. The predicted octanol–water partition coefficient (Wildman–Crippen LogP) is 1.85. The number of carbonyl (C=O) groups excluding carboxylic acids is 1. The first-order chi connectivity index (χ1) is 9.18. The summed E-state index contributed by atoms with van der Waals surface area (Å²) in [5.41, 5.74) is 1.06. The second-order valence-electron chi connectivity index (χ2n) is 4.62. The Bertz CT molecular complexity index is 433. The minimum atomic E-state index is -0.0229. The van der Waals surface area contributed by atoms with Crippen LogP contribution in [0.15, 0.2) is 24.3 Å². The van der Waals surface area contributed by atoms with Gasteiger partial charge < -0.3 is 10.1 Å². The minimum Gasteiger partial charge on any atom is -0.379 e. The normalized spacial score (nSPS) is 18.0.